The van der Waals surface area contributed by atoms with E-state index in [2.05, 4.69) is 31.9 Å². The van der Waals surface area contributed by atoms with Gasteiger partial charge in [-0.2, -0.15) is 0 Å². The zero-order valence-corrected chi connectivity index (χ0v) is 30.1. The molecule has 1 aromatic carbocycles. The van der Waals surface area contributed by atoms with Crippen LogP contribution in [0.25, 0.3) is 0 Å². The summed E-state index contributed by atoms with van der Waals surface area (Å²) >= 11 is 0. The van der Waals surface area contributed by atoms with Crippen LogP contribution < -0.4 is 37.6 Å². The number of Topliss-reactive ketones (excluding diaryl/α,β-unsaturated/α-hetero) is 1. The lowest BCUT2D eigenvalue weighted by atomic mass is 9.83. The molecule has 1 unspecified atom stereocenters. The Balaban J connectivity index is 1.70. The molecule has 7 amide bonds. The van der Waals surface area contributed by atoms with Gasteiger partial charge in [-0.3, -0.25) is 38.4 Å². The number of rotatable bonds is 12. The molecule has 0 bridgehead atoms. The van der Waals surface area contributed by atoms with E-state index in [0.717, 1.165) is 32.1 Å². The maximum atomic E-state index is 13.8. The topological polar surface area (TPSA) is 235 Å². The molecule has 1 aromatic rings. The molecular weight excluding hydrogens is 670 g/mol. The second kappa shape index (κ2) is 22.2. The van der Waals surface area contributed by atoms with E-state index in [0.29, 0.717) is 57.1 Å². The van der Waals surface area contributed by atoms with Crippen molar-refractivity contribution in [2.75, 3.05) is 13.1 Å². The molecule has 3 rings (SSSR count). The summed E-state index contributed by atoms with van der Waals surface area (Å²) in [6.07, 6.45) is 8.64. The summed E-state index contributed by atoms with van der Waals surface area (Å²) in [5.41, 5.74) is 5.90. The van der Waals surface area contributed by atoms with Crippen molar-refractivity contribution in [1.82, 2.24) is 31.9 Å². The number of primary amides is 1. The molecule has 2 aliphatic rings. The first-order valence-corrected chi connectivity index (χ1v) is 18.6. The monoisotopic (exact) mass is 725 g/mol. The smallest absolute Gasteiger partial charge is 0.290 e. The van der Waals surface area contributed by atoms with Crippen LogP contribution in [0.15, 0.2) is 30.3 Å². The van der Waals surface area contributed by atoms with Crippen molar-refractivity contribution in [3.63, 3.8) is 0 Å². The number of nitrogens with one attached hydrogen (secondary N) is 6. The molecule has 1 saturated carbocycles. The molecule has 1 aliphatic heterocycles. The summed E-state index contributed by atoms with van der Waals surface area (Å²) in [7, 11) is 0. The number of amides is 7. The molecule has 15 heteroatoms. The lowest BCUT2D eigenvalue weighted by Gasteiger charge is -2.31. The Morgan fingerprint density at radius 1 is 0.808 bits per heavy atom. The first-order chi connectivity index (χ1) is 25.0. The van der Waals surface area contributed by atoms with Crippen LogP contribution in [-0.4, -0.2) is 78.3 Å². The molecule has 1 heterocycles. The van der Waals surface area contributed by atoms with E-state index in [4.69, 9.17) is 5.73 Å². The van der Waals surface area contributed by atoms with Gasteiger partial charge in [-0.1, -0.05) is 69.4 Å². The minimum atomic E-state index is -1.25. The van der Waals surface area contributed by atoms with Gasteiger partial charge in [-0.15, -0.1) is 0 Å². The molecule has 1 saturated heterocycles. The van der Waals surface area contributed by atoms with E-state index in [-0.39, 0.29) is 37.0 Å². The van der Waals surface area contributed by atoms with E-state index < -0.39 is 66.0 Å². The summed E-state index contributed by atoms with van der Waals surface area (Å²) in [5, 5.41) is 15.9. The summed E-state index contributed by atoms with van der Waals surface area (Å²) in [6.45, 7) is 1.53. The highest BCUT2D eigenvalue weighted by atomic mass is 16.2. The van der Waals surface area contributed by atoms with Gasteiger partial charge in [-0.05, 0) is 62.8 Å². The van der Waals surface area contributed by atoms with Crippen LogP contribution in [0, 0.1) is 5.92 Å². The molecule has 0 radical (unpaired) electrons. The summed E-state index contributed by atoms with van der Waals surface area (Å²) in [4.78, 5) is 103. The molecule has 52 heavy (non-hydrogen) atoms. The van der Waals surface area contributed by atoms with E-state index in [1.165, 1.54) is 0 Å². The predicted octanol–water partition coefficient (Wildman–Crippen LogP) is 1.10. The van der Waals surface area contributed by atoms with Gasteiger partial charge in [0.2, 0.25) is 41.2 Å². The average Bonchev–Trinajstić information content (AvgIpc) is 3.14. The standard InChI is InChI=1S/C37H55N7O8/c1-2-14-26(33(48)37(52)40-23-30(47)44-31(34(38)49)24-15-6-3-7-16-24)41-35(50)27-19-12-13-22-39-28(45)20-10-5-11-21-29(46)43-32(36(51)42-27)25-17-8-4-9-18-25/h3,6-7,15-16,25-27,31-32H,2,4-5,8-14,17-23H2,1H3,(H2,38,49)(H,39,45)(H,40,52)(H,41,50)(H,42,51)(H,43,46)(H,44,47)/t26?,27-,31-,32-/m0/s1. The Bertz CT molecular complexity index is 1400. The number of nitrogens with two attached hydrogens (primary N) is 1. The maximum absolute atomic E-state index is 13.8. The van der Waals surface area contributed by atoms with Crippen molar-refractivity contribution < 1.29 is 38.4 Å². The van der Waals surface area contributed by atoms with Crippen LogP contribution in [0.5, 0.6) is 0 Å². The third-order valence-electron chi connectivity index (χ3n) is 9.47. The minimum absolute atomic E-state index is 0.0886. The lowest BCUT2D eigenvalue weighted by Crippen LogP contribution is -2.58. The van der Waals surface area contributed by atoms with Gasteiger partial charge in [0, 0.05) is 19.4 Å². The van der Waals surface area contributed by atoms with E-state index in [9.17, 15) is 38.4 Å². The molecule has 286 valence electrons. The van der Waals surface area contributed by atoms with Gasteiger partial charge in [0.05, 0.1) is 12.6 Å². The molecule has 0 spiro atoms. The fourth-order valence-electron chi connectivity index (χ4n) is 6.59. The van der Waals surface area contributed by atoms with Crippen molar-refractivity contribution in [3.8, 4) is 0 Å². The van der Waals surface area contributed by atoms with Gasteiger partial charge in [0.15, 0.2) is 0 Å². The molecule has 4 atom stereocenters. The highest BCUT2D eigenvalue weighted by Crippen LogP contribution is 2.27. The van der Waals surface area contributed by atoms with Crippen LogP contribution in [0.4, 0.5) is 0 Å². The van der Waals surface area contributed by atoms with Crippen LogP contribution >= 0.6 is 0 Å². The Morgan fingerprint density at radius 3 is 2.13 bits per heavy atom. The van der Waals surface area contributed by atoms with E-state index in [1.54, 1.807) is 37.3 Å². The van der Waals surface area contributed by atoms with Crippen LogP contribution in [0.3, 0.4) is 0 Å². The molecule has 15 nitrogen and oxygen atoms in total. The first kappa shape index (κ1) is 41.6. The summed E-state index contributed by atoms with van der Waals surface area (Å²) < 4.78 is 0. The number of ketones is 1. The van der Waals surface area contributed by atoms with Crippen LogP contribution in [0.2, 0.25) is 0 Å². The van der Waals surface area contributed by atoms with E-state index >= 15 is 0 Å². The second-order valence-electron chi connectivity index (χ2n) is 13.6. The largest absolute Gasteiger partial charge is 0.368 e. The Kier molecular flexibility index (Phi) is 17.8. The molecule has 2 fully saturated rings. The van der Waals surface area contributed by atoms with Gasteiger partial charge in [0.25, 0.3) is 5.91 Å². The number of hydrogen-bond donors (Lipinski definition) is 7. The van der Waals surface area contributed by atoms with Crippen molar-refractivity contribution in [2.45, 2.75) is 127 Å². The Morgan fingerprint density at radius 2 is 1.46 bits per heavy atom. The zero-order chi connectivity index (χ0) is 37.9. The van der Waals surface area contributed by atoms with Crippen LogP contribution in [0.1, 0.15) is 115 Å². The van der Waals surface area contributed by atoms with Gasteiger partial charge in [0.1, 0.15) is 18.1 Å². The van der Waals surface area contributed by atoms with Crippen molar-refractivity contribution in [2.24, 2.45) is 11.7 Å². The second-order valence-corrected chi connectivity index (χ2v) is 13.6. The maximum Gasteiger partial charge on any atom is 0.290 e. The number of benzene rings is 1. The number of carbonyl (C=O) groups is 8. The number of carbonyl (C=O) groups excluding carboxylic acids is 8. The predicted molar refractivity (Wildman–Crippen MR) is 192 cm³/mol. The SMILES string of the molecule is CCCC(NC(=O)[C@@H]1CCCCNC(=O)CCCCCC(=O)N[C@@H](C2CCCCC2)C(=O)N1)C(=O)C(=O)NCC(=O)N[C@H](C(N)=O)c1ccccc1. The lowest BCUT2D eigenvalue weighted by molar-refractivity contribution is -0.141. The normalized spacial score (nSPS) is 21.1. The van der Waals surface area contributed by atoms with Gasteiger partial charge in [-0.25, -0.2) is 0 Å². The molecular formula is C37H55N7O8. The Labute approximate surface area is 305 Å². The molecule has 8 N–H and O–H groups in total. The van der Waals surface area contributed by atoms with Crippen LogP contribution in [-0.2, 0) is 38.4 Å². The molecule has 0 aromatic heterocycles. The quantitative estimate of drug-likeness (QED) is 0.154. The van der Waals surface area contributed by atoms with Crippen molar-refractivity contribution in [3.05, 3.63) is 35.9 Å². The summed E-state index contributed by atoms with van der Waals surface area (Å²) in [5.74, 6) is -5.26. The third kappa shape index (κ3) is 14.1. The summed E-state index contributed by atoms with van der Waals surface area (Å²) in [6, 6.07) is 3.97. The Hall–Kier alpha value is -4.82. The third-order valence-corrected chi connectivity index (χ3v) is 9.47. The fraction of sp³-hybridized carbons (Fsp3) is 0.622. The number of hydrogen-bond acceptors (Lipinski definition) is 8. The highest BCUT2D eigenvalue weighted by Gasteiger charge is 2.35. The van der Waals surface area contributed by atoms with Crippen molar-refractivity contribution >= 4 is 47.1 Å². The fourth-order valence-corrected chi connectivity index (χ4v) is 6.59. The van der Waals surface area contributed by atoms with Crippen molar-refractivity contribution in [1.29, 1.82) is 0 Å². The molecule has 1 aliphatic carbocycles. The zero-order valence-electron chi connectivity index (χ0n) is 30.1. The van der Waals surface area contributed by atoms with E-state index in [1.807, 2.05) is 0 Å². The van der Waals surface area contributed by atoms with Gasteiger partial charge >= 0.3 is 0 Å². The average molecular weight is 726 g/mol. The minimum Gasteiger partial charge on any atom is -0.368 e. The van der Waals surface area contributed by atoms with Gasteiger partial charge < -0.3 is 37.6 Å². The highest BCUT2D eigenvalue weighted by molar-refractivity contribution is 6.38. The first-order valence-electron chi connectivity index (χ1n) is 18.6.